The van der Waals surface area contributed by atoms with E-state index in [1.807, 2.05) is 18.2 Å². The molecule has 8 heteroatoms. The Morgan fingerprint density at radius 3 is 2.88 bits per heavy atom. The fraction of sp³-hybridized carbons (Fsp3) is 0.556. The third kappa shape index (κ3) is 4.14. The van der Waals surface area contributed by atoms with Crippen molar-refractivity contribution in [1.82, 2.24) is 15.5 Å². The van der Waals surface area contributed by atoms with Crippen LogP contribution in [0, 0.1) is 5.92 Å². The van der Waals surface area contributed by atoms with Crippen LogP contribution in [0.1, 0.15) is 32.2 Å². The van der Waals surface area contributed by atoms with E-state index in [9.17, 15) is 5.11 Å². The molecule has 3 atom stereocenters. The largest absolute Gasteiger partial charge is 0.454 e. The average molecular weight is 363 g/mol. The van der Waals surface area contributed by atoms with E-state index in [0.29, 0.717) is 29.8 Å². The maximum Gasteiger partial charge on any atom is 0.244 e. The second-order valence-corrected chi connectivity index (χ2v) is 6.40. The minimum absolute atomic E-state index is 0.151. The van der Waals surface area contributed by atoms with Gasteiger partial charge in [-0.3, -0.25) is 0 Å². The van der Waals surface area contributed by atoms with Gasteiger partial charge in [-0.05, 0) is 24.1 Å². The number of aliphatic hydroxyl groups is 1. The summed E-state index contributed by atoms with van der Waals surface area (Å²) in [5.41, 5.74) is 0.798. The monoisotopic (exact) mass is 363 g/mol. The molecule has 3 rings (SSSR count). The molecule has 1 aromatic heterocycles. The molecular formula is C18H25N3O5. The number of rotatable bonds is 9. The van der Waals surface area contributed by atoms with Crippen molar-refractivity contribution in [1.29, 1.82) is 0 Å². The van der Waals surface area contributed by atoms with Gasteiger partial charge in [0.05, 0.1) is 18.8 Å². The molecule has 0 radical (unpaired) electrons. The average Bonchev–Trinajstić information content (AvgIpc) is 3.30. The van der Waals surface area contributed by atoms with E-state index < -0.39 is 6.10 Å². The molecule has 0 amide bonds. The summed E-state index contributed by atoms with van der Waals surface area (Å²) in [6, 6.07) is 5.39. The van der Waals surface area contributed by atoms with Crippen LogP contribution in [0.25, 0.3) is 11.4 Å². The van der Waals surface area contributed by atoms with Gasteiger partial charge >= 0.3 is 0 Å². The summed E-state index contributed by atoms with van der Waals surface area (Å²) in [4.78, 5) is 4.55. The van der Waals surface area contributed by atoms with Crippen molar-refractivity contribution in [2.75, 3.05) is 27.1 Å². The maximum absolute atomic E-state index is 9.89. The highest BCUT2D eigenvalue weighted by atomic mass is 16.7. The standard InChI is InChI=1S/C18H25N3O5/c1-4-11(2)16(19-8-13(22)9-23-3)18-20-17(21-26-18)12-5-6-14-15(7-12)25-10-24-14/h5-7,11,13,16,19,22H,4,8-10H2,1-3H3. The first-order valence-corrected chi connectivity index (χ1v) is 8.76. The highest BCUT2D eigenvalue weighted by Gasteiger charge is 2.25. The van der Waals surface area contributed by atoms with Crippen LogP contribution >= 0.6 is 0 Å². The van der Waals surface area contributed by atoms with E-state index in [-0.39, 0.29) is 25.4 Å². The molecule has 0 bridgehead atoms. The molecule has 8 nitrogen and oxygen atoms in total. The first-order valence-electron chi connectivity index (χ1n) is 8.76. The van der Waals surface area contributed by atoms with E-state index in [0.717, 1.165) is 12.0 Å². The molecule has 0 spiro atoms. The Labute approximate surface area is 152 Å². The number of fused-ring (bicyclic) bond motifs is 1. The van der Waals surface area contributed by atoms with E-state index in [1.54, 1.807) is 7.11 Å². The third-order valence-electron chi connectivity index (χ3n) is 4.48. The lowest BCUT2D eigenvalue weighted by Gasteiger charge is -2.22. The fourth-order valence-corrected chi connectivity index (χ4v) is 2.80. The lowest BCUT2D eigenvalue weighted by atomic mass is 9.99. The molecule has 3 unspecified atom stereocenters. The lowest BCUT2D eigenvalue weighted by Crippen LogP contribution is -2.35. The van der Waals surface area contributed by atoms with Gasteiger partial charge in [-0.2, -0.15) is 4.98 Å². The number of benzene rings is 1. The minimum Gasteiger partial charge on any atom is -0.454 e. The molecule has 0 saturated carbocycles. The summed E-state index contributed by atoms with van der Waals surface area (Å²) in [7, 11) is 1.56. The maximum atomic E-state index is 9.89. The second-order valence-electron chi connectivity index (χ2n) is 6.40. The van der Waals surface area contributed by atoms with Crippen molar-refractivity contribution < 1.29 is 23.8 Å². The number of nitrogens with zero attached hydrogens (tertiary/aromatic N) is 2. The Bertz CT molecular complexity index is 721. The Morgan fingerprint density at radius 1 is 1.31 bits per heavy atom. The zero-order chi connectivity index (χ0) is 18.5. The molecule has 2 aromatic rings. The van der Waals surface area contributed by atoms with E-state index in [2.05, 4.69) is 29.3 Å². The molecule has 1 aromatic carbocycles. The van der Waals surface area contributed by atoms with Crippen molar-refractivity contribution in [2.45, 2.75) is 32.4 Å². The van der Waals surface area contributed by atoms with Gasteiger partial charge in [0, 0.05) is 19.2 Å². The molecule has 0 fully saturated rings. The van der Waals surface area contributed by atoms with E-state index in [4.69, 9.17) is 18.7 Å². The fourth-order valence-electron chi connectivity index (χ4n) is 2.80. The highest BCUT2D eigenvalue weighted by Crippen LogP contribution is 2.35. The van der Waals surface area contributed by atoms with Gasteiger partial charge in [0.1, 0.15) is 0 Å². The van der Waals surface area contributed by atoms with E-state index >= 15 is 0 Å². The first kappa shape index (κ1) is 18.6. The number of methoxy groups -OCH3 is 1. The van der Waals surface area contributed by atoms with Crippen molar-refractivity contribution in [2.24, 2.45) is 5.92 Å². The molecule has 26 heavy (non-hydrogen) atoms. The molecule has 2 heterocycles. The number of hydrogen-bond donors (Lipinski definition) is 2. The number of aromatic nitrogens is 2. The van der Waals surface area contributed by atoms with Crippen molar-refractivity contribution in [3.8, 4) is 22.9 Å². The molecule has 0 aliphatic carbocycles. The van der Waals surface area contributed by atoms with Gasteiger partial charge in [-0.15, -0.1) is 0 Å². The van der Waals surface area contributed by atoms with Crippen LogP contribution in [-0.2, 0) is 4.74 Å². The van der Waals surface area contributed by atoms with Gasteiger partial charge in [-0.1, -0.05) is 25.4 Å². The molecule has 1 aliphatic heterocycles. The molecule has 142 valence electrons. The van der Waals surface area contributed by atoms with Gasteiger partial charge in [0.15, 0.2) is 11.5 Å². The number of ether oxygens (including phenoxy) is 3. The first-order chi connectivity index (χ1) is 12.6. The predicted molar refractivity (Wildman–Crippen MR) is 93.9 cm³/mol. The summed E-state index contributed by atoms with van der Waals surface area (Å²) in [6.45, 7) is 5.07. The zero-order valence-electron chi connectivity index (χ0n) is 15.3. The Morgan fingerprint density at radius 2 is 2.12 bits per heavy atom. The molecule has 0 saturated heterocycles. The summed E-state index contributed by atoms with van der Waals surface area (Å²) >= 11 is 0. The van der Waals surface area contributed by atoms with Crippen LogP contribution in [0.4, 0.5) is 0 Å². The third-order valence-corrected chi connectivity index (χ3v) is 4.48. The van der Waals surface area contributed by atoms with Crippen molar-refractivity contribution in [3.05, 3.63) is 24.1 Å². The Hall–Kier alpha value is -2.16. The van der Waals surface area contributed by atoms with Crippen molar-refractivity contribution >= 4 is 0 Å². The lowest BCUT2D eigenvalue weighted by molar-refractivity contribution is 0.0600. The van der Waals surface area contributed by atoms with Gasteiger partial charge < -0.3 is 29.2 Å². The van der Waals surface area contributed by atoms with Crippen LogP contribution in [0.3, 0.4) is 0 Å². The molecule has 2 N–H and O–H groups in total. The Kier molecular flexibility index (Phi) is 6.08. The second kappa shape index (κ2) is 8.48. The Balaban J connectivity index is 1.76. The quantitative estimate of drug-likeness (QED) is 0.699. The van der Waals surface area contributed by atoms with Gasteiger partial charge in [-0.25, -0.2) is 0 Å². The molecular weight excluding hydrogens is 338 g/mol. The van der Waals surface area contributed by atoms with Crippen LogP contribution in [0.5, 0.6) is 11.5 Å². The van der Waals surface area contributed by atoms with Crippen LogP contribution in [0.2, 0.25) is 0 Å². The van der Waals surface area contributed by atoms with Crippen LogP contribution < -0.4 is 14.8 Å². The number of aliphatic hydroxyl groups excluding tert-OH is 1. The smallest absolute Gasteiger partial charge is 0.244 e. The van der Waals surface area contributed by atoms with E-state index in [1.165, 1.54) is 0 Å². The number of hydrogen-bond acceptors (Lipinski definition) is 8. The predicted octanol–water partition coefficient (Wildman–Crippen LogP) is 2.15. The van der Waals surface area contributed by atoms with Crippen LogP contribution in [0.15, 0.2) is 22.7 Å². The number of nitrogens with one attached hydrogen (secondary N) is 1. The summed E-state index contributed by atoms with van der Waals surface area (Å²) in [5.74, 6) is 2.63. The van der Waals surface area contributed by atoms with Crippen LogP contribution in [-0.4, -0.2) is 48.4 Å². The topological polar surface area (TPSA) is 98.9 Å². The minimum atomic E-state index is -0.595. The summed E-state index contributed by atoms with van der Waals surface area (Å²) < 4.78 is 21.2. The summed E-state index contributed by atoms with van der Waals surface area (Å²) in [6.07, 6.45) is 0.336. The van der Waals surface area contributed by atoms with Crippen molar-refractivity contribution in [3.63, 3.8) is 0 Å². The normalized spacial score (nSPS) is 16.5. The molecule has 1 aliphatic rings. The summed E-state index contributed by atoms with van der Waals surface area (Å²) in [5, 5.41) is 17.3. The zero-order valence-corrected chi connectivity index (χ0v) is 15.3. The SMILES string of the molecule is CCC(C)C(NCC(O)COC)c1nc(-c2ccc3c(c2)OCO3)no1. The van der Waals surface area contributed by atoms with Gasteiger partial charge in [0.2, 0.25) is 18.5 Å². The highest BCUT2D eigenvalue weighted by molar-refractivity contribution is 5.61. The van der Waals surface area contributed by atoms with Gasteiger partial charge in [0.25, 0.3) is 0 Å².